The summed E-state index contributed by atoms with van der Waals surface area (Å²) in [6.45, 7) is 8.02. The molecule has 4 rings (SSSR count). The molecule has 1 aliphatic rings. The van der Waals surface area contributed by atoms with Gasteiger partial charge in [-0.2, -0.15) is 0 Å². The predicted molar refractivity (Wildman–Crippen MR) is 144 cm³/mol. The van der Waals surface area contributed by atoms with Crippen molar-refractivity contribution in [1.82, 2.24) is 10.3 Å². The second-order valence-corrected chi connectivity index (χ2v) is 10.1. The number of methoxy groups -OCH3 is 1. The number of rotatable bonds is 6. The first kappa shape index (κ1) is 26.2. The molecule has 0 spiro atoms. The van der Waals surface area contributed by atoms with Gasteiger partial charge >= 0.3 is 0 Å². The van der Waals surface area contributed by atoms with Crippen LogP contribution in [0.25, 0.3) is 0 Å². The molecule has 8 nitrogen and oxygen atoms in total. The zero-order valence-electron chi connectivity index (χ0n) is 21.8. The third-order valence-corrected chi connectivity index (χ3v) is 6.47. The molecule has 8 heteroatoms. The van der Waals surface area contributed by atoms with Gasteiger partial charge in [-0.05, 0) is 79.4 Å². The first-order chi connectivity index (χ1) is 17.7. The largest absolute Gasteiger partial charge is 0.497 e. The van der Waals surface area contributed by atoms with Gasteiger partial charge in [0, 0.05) is 11.8 Å². The number of carbonyl (C=O) groups excluding carboxylic acids is 2. The molecule has 0 unspecified atom stereocenters. The molecule has 194 valence electrons. The van der Waals surface area contributed by atoms with Crippen molar-refractivity contribution < 1.29 is 19.1 Å². The van der Waals surface area contributed by atoms with Crippen molar-refractivity contribution in [3.63, 3.8) is 0 Å². The van der Waals surface area contributed by atoms with Crippen molar-refractivity contribution in [3.05, 3.63) is 77.6 Å². The molecule has 37 heavy (non-hydrogen) atoms. The highest BCUT2D eigenvalue weighted by Crippen LogP contribution is 2.33. The van der Waals surface area contributed by atoms with E-state index >= 15 is 0 Å². The molecule has 1 aliphatic heterocycles. The molecule has 0 atom stereocenters. The number of anilines is 2. The fourth-order valence-corrected chi connectivity index (χ4v) is 4.25. The number of hydrogen-bond donors (Lipinski definition) is 2. The number of nitrogens with two attached hydrogens (primary N) is 1. The number of hydrogen-bond acceptors (Lipinski definition) is 7. The van der Waals surface area contributed by atoms with Gasteiger partial charge in [0.25, 0.3) is 11.8 Å². The first-order valence-electron chi connectivity index (χ1n) is 12.4. The Morgan fingerprint density at radius 2 is 1.73 bits per heavy atom. The van der Waals surface area contributed by atoms with Crippen molar-refractivity contribution in [2.45, 2.75) is 45.1 Å². The lowest BCUT2D eigenvalue weighted by Crippen LogP contribution is -2.38. The van der Waals surface area contributed by atoms with Crippen LogP contribution in [0.4, 0.5) is 11.4 Å². The van der Waals surface area contributed by atoms with Crippen LogP contribution >= 0.6 is 0 Å². The van der Waals surface area contributed by atoms with E-state index in [0.717, 1.165) is 36.4 Å². The molecule has 1 fully saturated rings. The SMILES string of the molecule is COc1ccc(C(=O)N(C(=O)c2ccc(C(C)(C)C)cc2OC2CCNCC2)c2ccncc2N)cc1. The lowest BCUT2D eigenvalue weighted by Gasteiger charge is -2.28. The summed E-state index contributed by atoms with van der Waals surface area (Å²) in [5.41, 5.74) is 8.17. The molecule has 1 saturated heterocycles. The van der Waals surface area contributed by atoms with Gasteiger partial charge in [-0.1, -0.05) is 26.8 Å². The molecule has 1 aromatic heterocycles. The topological polar surface area (TPSA) is 107 Å². The smallest absolute Gasteiger partial charge is 0.269 e. The standard InChI is InChI=1S/C29H34N4O4/c1-29(2,3)20-7-10-23(26(17-20)37-22-11-14-31-15-12-22)28(35)33(25-13-16-32-18-24(25)30)27(34)19-5-8-21(36-4)9-6-19/h5-10,13,16-18,22,31H,11-12,14-15,30H2,1-4H3. The number of ether oxygens (including phenoxy) is 2. The molecule has 3 aromatic rings. The van der Waals surface area contributed by atoms with E-state index in [9.17, 15) is 9.59 Å². The average Bonchev–Trinajstić information content (AvgIpc) is 2.90. The maximum atomic E-state index is 14.2. The molecule has 2 amide bonds. The maximum Gasteiger partial charge on any atom is 0.269 e. The quantitative estimate of drug-likeness (QED) is 0.475. The van der Waals surface area contributed by atoms with Crippen molar-refractivity contribution >= 4 is 23.2 Å². The Balaban J connectivity index is 1.80. The fraction of sp³-hybridized carbons (Fsp3) is 0.345. The van der Waals surface area contributed by atoms with Gasteiger partial charge in [-0.15, -0.1) is 0 Å². The van der Waals surface area contributed by atoms with Gasteiger partial charge in [0.15, 0.2) is 0 Å². The van der Waals surface area contributed by atoms with Crippen LogP contribution in [-0.4, -0.2) is 43.1 Å². The van der Waals surface area contributed by atoms with Crippen LogP contribution in [0, 0.1) is 0 Å². The van der Waals surface area contributed by atoms with Crippen molar-refractivity contribution in [2.24, 2.45) is 0 Å². The lowest BCUT2D eigenvalue weighted by molar-refractivity contribution is 0.0892. The average molecular weight is 503 g/mol. The third-order valence-electron chi connectivity index (χ3n) is 6.47. The van der Waals surface area contributed by atoms with Crippen LogP contribution in [0.2, 0.25) is 0 Å². The molecule has 0 bridgehead atoms. The number of imide groups is 1. The fourth-order valence-electron chi connectivity index (χ4n) is 4.25. The maximum absolute atomic E-state index is 14.2. The second kappa shape index (κ2) is 11.0. The molecule has 2 aromatic carbocycles. The van der Waals surface area contributed by atoms with Crippen LogP contribution < -0.4 is 25.4 Å². The molecule has 0 aliphatic carbocycles. The van der Waals surface area contributed by atoms with E-state index in [2.05, 4.69) is 31.1 Å². The number of nitrogens with zero attached hydrogens (tertiary/aromatic N) is 2. The summed E-state index contributed by atoms with van der Waals surface area (Å²) in [4.78, 5) is 33.1. The summed E-state index contributed by atoms with van der Waals surface area (Å²) < 4.78 is 11.6. The van der Waals surface area contributed by atoms with Crippen molar-refractivity contribution in [1.29, 1.82) is 0 Å². The van der Waals surface area contributed by atoms with Crippen LogP contribution in [-0.2, 0) is 5.41 Å². The van der Waals surface area contributed by atoms with E-state index in [1.54, 1.807) is 43.5 Å². The highest BCUT2D eigenvalue weighted by molar-refractivity contribution is 6.27. The first-order valence-corrected chi connectivity index (χ1v) is 12.4. The van der Waals surface area contributed by atoms with Crippen molar-refractivity contribution in [3.8, 4) is 11.5 Å². The Labute approximate surface area is 217 Å². The number of piperidine rings is 1. The van der Waals surface area contributed by atoms with Crippen LogP contribution in [0.3, 0.4) is 0 Å². The van der Waals surface area contributed by atoms with Crippen LogP contribution in [0.1, 0.15) is 59.9 Å². The van der Waals surface area contributed by atoms with E-state index in [1.807, 2.05) is 12.1 Å². The van der Waals surface area contributed by atoms with Crippen molar-refractivity contribution in [2.75, 3.05) is 30.8 Å². The van der Waals surface area contributed by atoms with Crippen LogP contribution in [0.5, 0.6) is 11.5 Å². The number of amides is 2. The Morgan fingerprint density at radius 3 is 2.35 bits per heavy atom. The third kappa shape index (κ3) is 5.91. The second-order valence-electron chi connectivity index (χ2n) is 10.1. The number of pyridine rings is 1. The number of carbonyl (C=O) groups is 2. The zero-order chi connectivity index (χ0) is 26.6. The van der Waals surface area contributed by atoms with E-state index in [0.29, 0.717) is 22.6 Å². The van der Waals surface area contributed by atoms with E-state index in [-0.39, 0.29) is 22.9 Å². The van der Waals surface area contributed by atoms with Gasteiger partial charge in [-0.25, -0.2) is 4.90 Å². The summed E-state index contributed by atoms with van der Waals surface area (Å²) in [6.07, 6.45) is 4.56. The summed E-state index contributed by atoms with van der Waals surface area (Å²) in [7, 11) is 1.55. The number of nitrogens with one attached hydrogen (secondary N) is 1. The van der Waals surface area contributed by atoms with E-state index < -0.39 is 11.8 Å². The predicted octanol–water partition coefficient (Wildman–Crippen LogP) is 4.59. The van der Waals surface area contributed by atoms with Gasteiger partial charge in [0.2, 0.25) is 0 Å². The van der Waals surface area contributed by atoms with E-state index in [4.69, 9.17) is 15.2 Å². The summed E-state index contributed by atoms with van der Waals surface area (Å²) >= 11 is 0. The molecular weight excluding hydrogens is 468 g/mol. The van der Waals surface area contributed by atoms with Gasteiger partial charge in [-0.3, -0.25) is 14.6 Å². The summed E-state index contributed by atoms with van der Waals surface area (Å²) in [6, 6.07) is 13.7. The Morgan fingerprint density at radius 1 is 1.03 bits per heavy atom. The monoisotopic (exact) mass is 502 g/mol. The highest BCUT2D eigenvalue weighted by Gasteiger charge is 2.31. The highest BCUT2D eigenvalue weighted by atomic mass is 16.5. The lowest BCUT2D eigenvalue weighted by atomic mass is 9.86. The van der Waals surface area contributed by atoms with Gasteiger partial charge in [0.05, 0.1) is 30.2 Å². The number of aromatic nitrogens is 1. The normalized spacial score (nSPS) is 14.2. The Hall–Kier alpha value is -3.91. The molecule has 0 radical (unpaired) electrons. The minimum Gasteiger partial charge on any atom is -0.497 e. The Bertz CT molecular complexity index is 1260. The molecule has 2 heterocycles. The minimum absolute atomic E-state index is 0.0280. The minimum atomic E-state index is -0.525. The molecule has 3 N–H and O–H groups in total. The van der Waals surface area contributed by atoms with Gasteiger partial charge in [0.1, 0.15) is 17.6 Å². The number of benzene rings is 2. The summed E-state index contributed by atoms with van der Waals surface area (Å²) in [5.74, 6) is 0.0270. The zero-order valence-corrected chi connectivity index (χ0v) is 21.8. The molecule has 0 saturated carbocycles. The summed E-state index contributed by atoms with van der Waals surface area (Å²) in [5, 5.41) is 3.33. The molecular formula is C29H34N4O4. The van der Waals surface area contributed by atoms with E-state index in [1.165, 1.54) is 12.4 Å². The van der Waals surface area contributed by atoms with Crippen LogP contribution in [0.15, 0.2) is 60.9 Å². The Kier molecular flexibility index (Phi) is 7.78. The van der Waals surface area contributed by atoms with Gasteiger partial charge < -0.3 is 20.5 Å². The number of nitrogen functional groups attached to an aromatic ring is 1.